The van der Waals surface area contributed by atoms with E-state index >= 15 is 0 Å². The molecule has 0 fully saturated rings. The highest BCUT2D eigenvalue weighted by molar-refractivity contribution is 5.77. The van der Waals surface area contributed by atoms with Gasteiger partial charge in [0.2, 0.25) is 6.10 Å². The van der Waals surface area contributed by atoms with Crippen LogP contribution in [0.5, 0.6) is 5.75 Å². The maximum Gasteiger partial charge on any atom is 0.352 e. The first-order chi connectivity index (χ1) is 10.2. The van der Waals surface area contributed by atoms with Gasteiger partial charge in [-0.2, -0.15) is 5.26 Å². The molecule has 4 heteroatoms. The van der Waals surface area contributed by atoms with Gasteiger partial charge in [-0.05, 0) is 31.2 Å². The zero-order chi connectivity index (χ0) is 15.1. The quantitative estimate of drug-likeness (QED) is 0.789. The Morgan fingerprint density at radius 2 is 1.81 bits per heavy atom. The number of benzene rings is 2. The Hall–Kier alpha value is -2.80. The minimum absolute atomic E-state index is 0.291. The summed E-state index contributed by atoms with van der Waals surface area (Å²) in [5, 5.41) is 8.78. The molecule has 1 unspecified atom stereocenters. The normalized spacial score (nSPS) is 11.2. The second-order valence-electron chi connectivity index (χ2n) is 4.30. The second kappa shape index (κ2) is 7.11. The molecule has 0 spiro atoms. The van der Waals surface area contributed by atoms with Crippen LogP contribution in [0.2, 0.25) is 0 Å². The lowest BCUT2D eigenvalue weighted by Gasteiger charge is -2.18. The molecule has 0 aliphatic carbocycles. The van der Waals surface area contributed by atoms with E-state index in [1.807, 2.05) is 36.4 Å². The predicted molar refractivity (Wildman–Crippen MR) is 77.6 cm³/mol. The van der Waals surface area contributed by atoms with Gasteiger partial charge in [-0.15, -0.1) is 0 Å². The van der Waals surface area contributed by atoms with Crippen LogP contribution in [0, 0.1) is 11.3 Å². The molecule has 0 aromatic heterocycles. The Balaban J connectivity index is 2.23. The highest BCUT2D eigenvalue weighted by atomic mass is 16.6. The molecule has 4 nitrogen and oxygen atoms in total. The van der Waals surface area contributed by atoms with Crippen LogP contribution in [0.4, 0.5) is 0 Å². The van der Waals surface area contributed by atoms with Crippen molar-refractivity contribution in [3.05, 3.63) is 65.7 Å². The number of ether oxygens (including phenoxy) is 2. The fraction of sp³-hybridized carbons (Fsp3) is 0.176. The molecule has 0 aliphatic rings. The SMILES string of the molecule is CCOC(=O)C(Oc1ccc(C#N)cc1)c1ccccc1. The van der Waals surface area contributed by atoms with Crippen LogP contribution >= 0.6 is 0 Å². The van der Waals surface area contributed by atoms with E-state index in [0.717, 1.165) is 5.56 Å². The standard InChI is InChI=1S/C17H15NO3/c1-2-20-17(19)16(14-6-4-3-5-7-14)21-15-10-8-13(12-18)9-11-15/h3-11,16H,2H2,1H3. The van der Waals surface area contributed by atoms with Crippen LogP contribution in [0.15, 0.2) is 54.6 Å². The molecule has 106 valence electrons. The van der Waals surface area contributed by atoms with Crippen molar-refractivity contribution in [3.8, 4) is 11.8 Å². The minimum Gasteiger partial charge on any atom is -0.474 e. The molecule has 0 saturated carbocycles. The first kappa shape index (κ1) is 14.6. The molecule has 0 aliphatic heterocycles. The third-order valence-electron chi connectivity index (χ3n) is 2.84. The van der Waals surface area contributed by atoms with Crippen LogP contribution in [-0.2, 0) is 9.53 Å². The van der Waals surface area contributed by atoms with Gasteiger partial charge in [0.1, 0.15) is 5.75 Å². The zero-order valence-electron chi connectivity index (χ0n) is 11.7. The summed E-state index contributed by atoms with van der Waals surface area (Å²) in [5.74, 6) is 0.0731. The third kappa shape index (κ3) is 3.83. The van der Waals surface area contributed by atoms with E-state index < -0.39 is 12.1 Å². The predicted octanol–water partition coefficient (Wildman–Crippen LogP) is 3.24. The lowest BCUT2D eigenvalue weighted by molar-refractivity contribution is -0.151. The van der Waals surface area contributed by atoms with Gasteiger partial charge >= 0.3 is 5.97 Å². The topological polar surface area (TPSA) is 59.3 Å². The molecule has 2 aromatic carbocycles. The summed E-state index contributed by atoms with van der Waals surface area (Å²) in [6.45, 7) is 2.04. The van der Waals surface area contributed by atoms with Crippen molar-refractivity contribution in [2.24, 2.45) is 0 Å². The first-order valence-electron chi connectivity index (χ1n) is 6.63. The molecule has 0 bridgehead atoms. The molecule has 0 N–H and O–H groups in total. The molecule has 0 heterocycles. The Morgan fingerprint density at radius 1 is 1.14 bits per heavy atom. The van der Waals surface area contributed by atoms with Crippen molar-refractivity contribution in [1.29, 1.82) is 5.26 Å². The van der Waals surface area contributed by atoms with Gasteiger partial charge in [0.15, 0.2) is 0 Å². The summed E-state index contributed by atoms with van der Waals surface area (Å²) in [7, 11) is 0. The van der Waals surface area contributed by atoms with E-state index in [9.17, 15) is 4.79 Å². The molecular weight excluding hydrogens is 266 g/mol. The van der Waals surface area contributed by atoms with E-state index in [1.165, 1.54) is 0 Å². The van der Waals surface area contributed by atoms with Crippen LogP contribution < -0.4 is 4.74 Å². The number of nitriles is 1. The van der Waals surface area contributed by atoms with Crippen molar-refractivity contribution in [2.45, 2.75) is 13.0 Å². The van der Waals surface area contributed by atoms with Crippen LogP contribution in [0.25, 0.3) is 0 Å². The van der Waals surface area contributed by atoms with Gasteiger partial charge in [-0.3, -0.25) is 0 Å². The van der Waals surface area contributed by atoms with E-state index in [4.69, 9.17) is 14.7 Å². The second-order valence-corrected chi connectivity index (χ2v) is 4.30. The van der Waals surface area contributed by atoms with Gasteiger partial charge in [0.25, 0.3) is 0 Å². The molecule has 0 saturated heterocycles. The van der Waals surface area contributed by atoms with Crippen LogP contribution in [0.3, 0.4) is 0 Å². The number of hydrogen-bond acceptors (Lipinski definition) is 4. The molecule has 0 amide bonds. The molecular formula is C17H15NO3. The first-order valence-corrected chi connectivity index (χ1v) is 6.63. The van der Waals surface area contributed by atoms with Gasteiger partial charge in [0, 0.05) is 5.56 Å². The molecule has 2 aromatic rings. The number of rotatable bonds is 5. The maximum absolute atomic E-state index is 12.1. The maximum atomic E-state index is 12.1. The molecule has 2 rings (SSSR count). The molecule has 21 heavy (non-hydrogen) atoms. The number of nitrogens with zero attached hydrogens (tertiary/aromatic N) is 1. The minimum atomic E-state index is -0.820. The van der Waals surface area contributed by atoms with Crippen molar-refractivity contribution in [2.75, 3.05) is 6.61 Å². The third-order valence-corrected chi connectivity index (χ3v) is 2.84. The Morgan fingerprint density at radius 3 is 2.38 bits per heavy atom. The van der Waals surface area contributed by atoms with Crippen LogP contribution in [0.1, 0.15) is 24.2 Å². The largest absolute Gasteiger partial charge is 0.474 e. The summed E-state index contributed by atoms with van der Waals surface area (Å²) in [6, 6.07) is 17.8. The Labute approximate surface area is 123 Å². The van der Waals surface area contributed by atoms with E-state index in [-0.39, 0.29) is 0 Å². The zero-order valence-corrected chi connectivity index (χ0v) is 11.7. The summed E-state index contributed by atoms with van der Waals surface area (Å²) >= 11 is 0. The van der Waals surface area contributed by atoms with Crippen molar-refractivity contribution in [1.82, 2.24) is 0 Å². The summed E-state index contributed by atoms with van der Waals surface area (Å²) < 4.78 is 10.8. The van der Waals surface area contributed by atoms with Crippen molar-refractivity contribution in [3.63, 3.8) is 0 Å². The van der Waals surface area contributed by atoms with Gasteiger partial charge in [-0.25, -0.2) is 4.79 Å². The van der Waals surface area contributed by atoms with E-state index in [1.54, 1.807) is 31.2 Å². The summed E-state index contributed by atoms with van der Waals surface area (Å²) in [4.78, 5) is 12.1. The number of carbonyl (C=O) groups is 1. The summed E-state index contributed by atoms with van der Waals surface area (Å²) in [6.07, 6.45) is -0.820. The van der Waals surface area contributed by atoms with Crippen LogP contribution in [-0.4, -0.2) is 12.6 Å². The van der Waals surface area contributed by atoms with Crippen molar-refractivity contribution >= 4 is 5.97 Å². The lowest BCUT2D eigenvalue weighted by Crippen LogP contribution is -2.21. The number of esters is 1. The highest BCUT2D eigenvalue weighted by Gasteiger charge is 2.23. The average molecular weight is 281 g/mol. The van der Waals surface area contributed by atoms with Gasteiger partial charge in [0.05, 0.1) is 18.2 Å². The monoisotopic (exact) mass is 281 g/mol. The fourth-order valence-corrected chi connectivity index (χ4v) is 1.84. The fourth-order valence-electron chi connectivity index (χ4n) is 1.84. The molecule has 1 atom stereocenters. The average Bonchev–Trinajstić information content (AvgIpc) is 2.54. The van der Waals surface area contributed by atoms with Gasteiger partial charge in [-0.1, -0.05) is 30.3 Å². The number of hydrogen-bond donors (Lipinski definition) is 0. The Bertz CT molecular complexity index is 629. The van der Waals surface area contributed by atoms with E-state index in [2.05, 4.69) is 0 Å². The molecule has 0 radical (unpaired) electrons. The van der Waals surface area contributed by atoms with Gasteiger partial charge < -0.3 is 9.47 Å². The Kier molecular flexibility index (Phi) is 4.94. The highest BCUT2D eigenvalue weighted by Crippen LogP contribution is 2.23. The van der Waals surface area contributed by atoms with E-state index in [0.29, 0.717) is 17.9 Å². The summed E-state index contributed by atoms with van der Waals surface area (Å²) in [5.41, 5.74) is 1.26. The van der Waals surface area contributed by atoms with Crippen molar-refractivity contribution < 1.29 is 14.3 Å². The number of carbonyl (C=O) groups excluding carboxylic acids is 1. The lowest BCUT2D eigenvalue weighted by atomic mass is 10.1. The smallest absolute Gasteiger partial charge is 0.352 e.